The minimum atomic E-state index is -4.64. The standard InChI is InChI=1S/In.2H3O4P.Zn.3H/c;2*1-5(2,3)4;;;;/h;2*(H3,1,2,3,4);;;;. The van der Waals surface area contributed by atoms with Gasteiger partial charge in [-0.1, -0.05) is 0 Å². The molecule has 0 heterocycles. The second-order valence-corrected chi connectivity index (χ2v) is 3.08. The third kappa shape index (κ3) is 458. The van der Waals surface area contributed by atoms with Crippen LogP contribution in [0.5, 0.6) is 0 Å². The van der Waals surface area contributed by atoms with Crippen molar-refractivity contribution in [2.75, 3.05) is 0 Å². The molecular weight excluding hydrogens is 370 g/mol. The van der Waals surface area contributed by atoms with Crippen LogP contribution < -0.4 is 0 Å². The van der Waals surface area contributed by atoms with E-state index in [4.69, 9.17) is 38.5 Å². The van der Waals surface area contributed by atoms with Crippen LogP contribution in [0, 0.1) is 0 Å². The summed E-state index contributed by atoms with van der Waals surface area (Å²) < 4.78 is 17.8. The largest absolute Gasteiger partial charge is 0 e. The van der Waals surface area contributed by atoms with E-state index in [0.29, 0.717) is 0 Å². The minimum Gasteiger partial charge on any atom is 0 e. The van der Waals surface area contributed by atoms with Crippen molar-refractivity contribution in [3.8, 4) is 0 Å². The molecule has 12 heavy (non-hydrogen) atoms. The molecule has 0 unspecified atom stereocenters. The van der Waals surface area contributed by atoms with Gasteiger partial charge in [-0.25, -0.2) is 9.13 Å². The number of hydrogen-bond acceptors (Lipinski definition) is 2. The number of rotatable bonds is 0. The molecule has 72 valence electrons. The zero-order valence-corrected chi connectivity index (χ0v) is 9.86. The summed E-state index contributed by atoms with van der Waals surface area (Å²) in [6, 6.07) is 0. The first-order valence-electron chi connectivity index (χ1n) is 1.57. The van der Waals surface area contributed by atoms with E-state index in [9.17, 15) is 0 Å². The fraction of sp³-hybridized carbons (Fsp3) is 0. The number of phosphoric acid groups is 2. The predicted octanol–water partition coefficient (Wildman–Crippen LogP) is -3.04. The maximum absolute atomic E-state index is 8.88. The molecule has 0 amide bonds. The molecule has 0 rings (SSSR count). The van der Waals surface area contributed by atoms with Gasteiger partial charge < -0.3 is 29.4 Å². The SMILES string of the molecule is O=P(O)(O)O.O=P(O)(O)O.[InH3].[Zn]. The van der Waals surface area contributed by atoms with Crippen LogP contribution in [-0.4, -0.2) is 55.2 Å². The third-order valence-corrected chi connectivity index (χ3v) is 0. The zero-order chi connectivity index (χ0) is 9.00. The second kappa shape index (κ2) is 9.28. The maximum Gasteiger partial charge on any atom is 0 e. The smallest absolute Gasteiger partial charge is 0 e. The fourth-order valence-corrected chi connectivity index (χ4v) is 0. The van der Waals surface area contributed by atoms with Crippen LogP contribution in [-0.2, 0) is 28.6 Å². The van der Waals surface area contributed by atoms with E-state index >= 15 is 0 Å². The summed E-state index contributed by atoms with van der Waals surface area (Å²) in [5.41, 5.74) is 0. The van der Waals surface area contributed by atoms with Gasteiger partial charge >= 0.3 is 41.5 Å². The van der Waals surface area contributed by atoms with Gasteiger partial charge in [-0.3, -0.25) is 0 Å². The van der Waals surface area contributed by atoms with Crippen molar-refractivity contribution in [1.82, 2.24) is 0 Å². The summed E-state index contributed by atoms with van der Waals surface area (Å²) in [5.74, 6) is 0. The topological polar surface area (TPSA) is 156 Å². The molecule has 12 heteroatoms. The summed E-state index contributed by atoms with van der Waals surface area (Å²) in [6.07, 6.45) is 0. The third-order valence-electron chi connectivity index (χ3n) is 0. The minimum absolute atomic E-state index is 0. The Morgan fingerprint density at radius 2 is 0.667 bits per heavy atom. The summed E-state index contributed by atoms with van der Waals surface area (Å²) in [5, 5.41) is 0. The first-order chi connectivity index (χ1) is 4.00. The van der Waals surface area contributed by atoms with Crippen LogP contribution in [0.2, 0.25) is 0 Å². The quantitative estimate of drug-likeness (QED) is 0.192. The van der Waals surface area contributed by atoms with Crippen LogP contribution in [0.1, 0.15) is 0 Å². The van der Waals surface area contributed by atoms with Crippen molar-refractivity contribution in [3.05, 3.63) is 0 Å². The Bertz CT molecular complexity index is 129. The van der Waals surface area contributed by atoms with Crippen molar-refractivity contribution in [3.63, 3.8) is 0 Å². The Kier molecular flexibility index (Phi) is 18.2. The fourth-order valence-electron chi connectivity index (χ4n) is 0. The molecule has 0 bridgehead atoms. The first kappa shape index (κ1) is 23.5. The van der Waals surface area contributed by atoms with Crippen LogP contribution in [0.25, 0.3) is 0 Å². The Labute approximate surface area is 99.0 Å². The second-order valence-electron chi connectivity index (χ2n) is 1.03. The van der Waals surface area contributed by atoms with E-state index in [-0.39, 0.29) is 45.3 Å². The molecule has 0 radical (unpaired) electrons. The molecule has 0 aromatic heterocycles. The van der Waals surface area contributed by atoms with E-state index in [2.05, 4.69) is 0 Å². The molecular formula is H9InO8P2Zn. The molecule has 0 aliphatic heterocycles. The van der Waals surface area contributed by atoms with Gasteiger partial charge in [0.2, 0.25) is 0 Å². The molecule has 8 nitrogen and oxygen atoms in total. The van der Waals surface area contributed by atoms with Gasteiger partial charge in [0.25, 0.3) is 0 Å². The van der Waals surface area contributed by atoms with Gasteiger partial charge in [0.1, 0.15) is 0 Å². The van der Waals surface area contributed by atoms with E-state index in [1.54, 1.807) is 0 Å². The molecule has 0 aliphatic rings. The van der Waals surface area contributed by atoms with Crippen LogP contribution in [0.15, 0.2) is 0 Å². The van der Waals surface area contributed by atoms with Gasteiger partial charge in [0.15, 0.2) is 0 Å². The van der Waals surface area contributed by atoms with E-state index in [1.165, 1.54) is 0 Å². The molecule has 0 aliphatic carbocycles. The summed E-state index contributed by atoms with van der Waals surface area (Å²) >= 11 is 0. The average molecular weight is 379 g/mol. The Hall–Kier alpha value is 1.71. The molecule has 0 fully saturated rings. The average Bonchev–Trinajstić information content (AvgIpc) is 1.12. The zero-order valence-electron chi connectivity index (χ0n) is 5.10. The Morgan fingerprint density at radius 3 is 0.667 bits per heavy atom. The van der Waals surface area contributed by atoms with Gasteiger partial charge in [-0.2, -0.15) is 0 Å². The molecule has 0 spiro atoms. The van der Waals surface area contributed by atoms with Crippen molar-refractivity contribution in [2.45, 2.75) is 0 Å². The monoisotopic (exact) mass is 378 g/mol. The van der Waals surface area contributed by atoms with Crippen LogP contribution in [0.3, 0.4) is 0 Å². The number of hydrogen-bond donors (Lipinski definition) is 6. The van der Waals surface area contributed by atoms with Gasteiger partial charge in [0, 0.05) is 19.5 Å². The molecule has 0 atom stereocenters. The van der Waals surface area contributed by atoms with Crippen molar-refractivity contribution < 1.29 is 58.0 Å². The Morgan fingerprint density at radius 1 is 0.667 bits per heavy atom. The van der Waals surface area contributed by atoms with Crippen molar-refractivity contribution in [2.24, 2.45) is 0 Å². The van der Waals surface area contributed by atoms with Crippen molar-refractivity contribution >= 4 is 41.5 Å². The molecule has 6 N–H and O–H groups in total. The van der Waals surface area contributed by atoms with E-state index in [1.807, 2.05) is 0 Å². The van der Waals surface area contributed by atoms with E-state index < -0.39 is 15.6 Å². The summed E-state index contributed by atoms with van der Waals surface area (Å²) in [6.45, 7) is 0. The normalized spacial score (nSPS) is 9.83. The predicted molar refractivity (Wildman–Crippen MR) is 38.5 cm³/mol. The summed E-state index contributed by atoms with van der Waals surface area (Å²) in [7, 11) is -9.28. The molecule has 0 aromatic rings. The van der Waals surface area contributed by atoms with Crippen molar-refractivity contribution in [1.29, 1.82) is 0 Å². The molecule has 0 aromatic carbocycles. The molecule has 0 saturated carbocycles. The van der Waals surface area contributed by atoms with Gasteiger partial charge in [0.05, 0.1) is 0 Å². The van der Waals surface area contributed by atoms with Gasteiger partial charge in [-0.15, -0.1) is 0 Å². The summed E-state index contributed by atoms with van der Waals surface area (Å²) in [4.78, 5) is 43.1. The van der Waals surface area contributed by atoms with E-state index in [0.717, 1.165) is 0 Å². The first-order valence-corrected chi connectivity index (χ1v) is 4.70. The van der Waals surface area contributed by atoms with Crippen LogP contribution in [0.4, 0.5) is 0 Å². The molecule has 0 saturated heterocycles. The Balaban J connectivity index is -0.0000000457. The van der Waals surface area contributed by atoms with Crippen LogP contribution >= 0.6 is 15.6 Å². The van der Waals surface area contributed by atoms with Gasteiger partial charge in [-0.05, 0) is 0 Å². The maximum atomic E-state index is 8.88.